The van der Waals surface area contributed by atoms with Gasteiger partial charge in [-0.15, -0.1) is 0 Å². The number of benzene rings is 2. The predicted octanol–water partition coefficient (Wildman–Crippen LogP) is 4.54. The second-order valence-corrected chi connectivity index (χ2v) is 6.07. The SMILES string of the molecule is Cc1ccc(Nc2cc(C(=O)Nc3ccccc3Br)ncn2)cc1. The van der Waals surface area contributed by atoms with E-state index in [2.05, 4.69) is 36.5 Å². The number of aromatic nitrogens is 2. The van der Waals surface area contributed by atoms with Gasteiger partial charge in [0.25, 0.3) is 5.91 Å². The minimum absolute atomic E-state index is 0.287. The third kappa shape index (κ3) is 3.97. The molecule has 1 aromatic heterocycles. The molecule has 0 atom stereocenters. The lowest BCUT2D eigenvalue weighted by Gasteiger charge is -2.09. The van der Waals surface area contributed by atoms with Crippen molar-refractivity contribution in [2.75, 3.05) is 10.6 Å². The number of halogens is 1. The molecule has 0 aliphatic rings. The lowest BCUT2D eigenvalue weighted by atomic mass is 10.2. The summed E-state index contributed by atoms with van der Waals surface area (Å²) in [5.41, 5.74) is 3.05. The number of nitrogens with one attached hydrogen (secondary N) is 2. The summed E-state index contributed by atoms with van der Waals surface area (Å²) in [5.74, 6) is 0.266. The van der Waals surface area contributed by atoms with Gasteiger partial charge in [-0.05, 0) is 47.1 Å². The number of para-hydroxylation sites is 1. The first kappa shape index (κ1) is 16.1. The van der Waals surface area contributed by atoms with E-state index in [0.29, 0.717) is 11.5 Å². The summed E-state index contributed by atoms with van der Waals surface area (Å²) in [7, 11) is 0. The first-order valence-electron chi connectivity index (χ1n) is 7.33. The summed E-state index contributed by atoms with van der Waals surface area (Å²) in [4.78, 5) is 20.6. The summed E-state index contributed by atoms with van der Waals surface area (Å²) in [6.07, 6.45) is 1.37. The lowest BCUT2D eigenvalue weighted by molar-refractivity contribution is 0.102. The van der Waals surface area contributed by atoms with Crippen molar-refractivity contribution in [2.45, 2.75) is 6.92 Å². The molecular weight excluding hydrogens is 368 g/mol. The maximum atomic E-state index is 12.4. The van der Waals surface area contributed by atoms with Gasteiger partial charge in [-0.25, -0.2) is 9.97 Å². The third-order valence-electron chi connectivity index (χ3n) is 3.35. The smallest absolute Gasteiger partial charge is 0.274 e. The highest BCUT2D eigenvalue weighted by Gasteiger charge is 2.10. The largest absolute Gasteiger partial charge is 0.340 e. The molecular formula is C18H15BrN4O. The number of rotatable bonds is 4. The van der Waals surface area contributed by atoms with Crippen molar-refractivity contribution in [1.82, 2.24) is 9.97 Å². The molecule has 0 bridgehead atoms. The van der Waals surface area contributed by atoms with Crippen LogP contribution in [0.4, 0.5) is 17.2 Å². The fraction of sp³-hybridized carbons (Fsp3) is 0.0556. The Kier molecular flexibility index (Phi) is 4.86. The average Bonchev–Trinajstić information content (AvgIpc) is 2.59. The molecule has 6 heteroatoms. The Morgan fingerprint density at radius 2 is 1.79 bits per heavy atom. The number of hydrogen-bond acceptors (Lipinski definition) is 4. The molecule has 0 saturated carbocycles. The van der Waals surface area contributed by atoms with E-state index in [1.165, 1.54) is 11.9 Å². The van der Waals surface area contributed by atoms with E-state index >= 15 is 0 Å². The van der Waals surface area contributed by atoms with Crippen molar-refractivity contribution in [3.63, 3.8) is 0 Å². The second kappa shape index (κ2) is 7.23. The number of carbonyl (C=O) groups is 1. The Morgan fingerprint density at radius 1 is 1.04 bits per heavy atom. The van der Waals surface area contributed by atoms with Crippen LogP contribution in [0.1, 0.15) is 16.1 Å². The van der Waals surface area contributed by atoms with Crippen LogP contribution in [0.25, 0.3) is 0 Å². The van der Waals surface area contributed by atoms with Crippen molar-refractivity contribution < 1.29 is 4.79 Å². The van der Waals surface area contributed by atoms with Gasteiger partial charge in [0, 0.05) is 16.2 Å². The second-order valence-electron chi connectivity index (χ2n) is 5.21. The lowest BCUT2D eigenvalue weighted by Crippen LogP contribution is -2.14. The normalized spacial score (nSPS) is 10.2. The molecule has 1 amide bonds. The van der Waals surface area contributed by atoms with Crippen LogP contribution >= 0.6 is 15.9 Å². The minimum Gasteiger partial charge on any atom is -0.340 e. The van der Waals surface area contributed by atoms with E-state index in [4.69, 9.17) is 0 Å². The van der Waals surface area contributed by atoms with Crippen molar-refractivity contribution in [2.24, 2.45) is 0 Å². The fourth-order valence-electron chi connectivity index (χ4n) is 2.08. The van der Waals surface area contributed by atoms with E-state index in [9.17, 15) is 4.79 Å². The molecule has 2 aromatic carbocycles. The zero-order valence-electron chi connectivity index (χ0n) is 13.0. The molecule has 1 heterocycles. The molecule has 5 nitrogen and oxygen atoms in total. The van der Waals surface area contributed by atoms with Gasteiger partial charge in [-0.3, -0.25) is 4.79 Å². The minimum atomic E-state index is -0.295. The third-order valence-corrected chi connectivity index (χ3v) is 4.04. The van der Waals surface area contributed by atoms with Gasteiger partial charge >= 0.3 is 0 Å². The maximum Gasteiger partial charge on any atom is 0.274 e. The molecule has 0 saturated heterocycles. The van der Waals surface area contributed by atoms with Crippen molar-refractivity contribution in [1.29, 1.82) is 0 Å². The number of amides is 1. The Hall–Kier alpha value is -2.73. The number of aryl methyl sites for hydroxylation is 1. The number of carbonyl (C=O) groups excluding carboxylic acids is 1. The molecule has 24 heavy (non-hydrogen) atoms. The summed E-state index contributed by atoms with van der Waals surface area (Å²) in [6, 6.07) is 16.9. The number of hydrogen-bond donors (Lipinski definition) is 2. The predicted molar refractivity (Wildman–Crippen MR) is 98.6 cm³/mol. The first-order chi connectivity index (χ1) is 11.6. The van der Waals surface area contributed by atoms with Crippen LogP contribution in [0.15, 0.2) is 65.4 Å². The highest BCUT2D eigenvalue weighted by atomic mass is 79.9. The monoisotopic (exact) mass is 382 g/mol. The molecule has 0 aliphatic carbocycles. The highest BCUT2D eigenvalue weighted by molar-refractivity contribution is 9.10. The zero-order valence-corrected chi connectivity index (χ0v) is 14.5. The topological polar surface area (TPSA) is 66.9 Å². The standard InChI is InChI=1S/C18H15BrN4O/c1-12-6-8-13(9-7-12)22-17-10-16(20-11-21-17)18(24)23-15-5-3-2-4-14(15)19/h2-11H,1H3,(H,23,24)(H,20,21,22). The summed E-state index contributed by atoms with van der Waals surface area (Å²) in [6.45, 7) is 2.03. The van der Waals surface area contributed by atoms with Crippen LogP contribution in [0.3, 0.4) is 0 Å². The Balaban J connectivity index is 1.76. The molecule has 0 radical (unpaired) electrons. The Labute approximate surface area is 148 Å². The van der Waals surface area contributed by atoms with Gasteiger partial charge in [0.2, 0.25) is 0 Å². The Morgan fingerprint density at radius 3 is 2.54 bits per heavy atom. The van der Waals surface area contributed by atoms with E-state index in [0.717, 1.165) is 10.2 Å². The quantitative estimate of drug-likeness (QED) is 0.694. The van der Waals surface area contributed by atoms with E-state index in [1.54, 1.807) is 6.07 Å². The van der Waals surface area contributed by atoms with Crippen LogP contribution in [0, 0.1) is 6.92 Å². The average molecular weight is 383 g/mol. The van der Waals surface area contributed by atoms with Gasteiger partial charge in [0.15, 0.2) is 0 Å². The molecule has 120 valence electrons. The molecule has 0 fully saturated rings. The van der Waals surface area contributed by atoms with Gasteiger partial charge in [0.1, 0.15) is 17.8 Å². The summed E-state index contributed by atoms with van der Waals surface area (Å²) >= 11 is 3.40. The molecule has 2 N–H and O–H groups in total. The van der Waals surface area contributed by atoms with Crippen LogP contribution in [0.2, 0.25) is 0 Å². The van der Waals surface area contributed by atoms with E-state index in [-0.39, 0.29) is 11.6 Å². The fourth-order valence-corrected chi connectivity index (χ4v) is 2.47. The van der Waals surface area contributed by atoms with E-state index < -0.39 is 0 Å². The zero-order chi connectivity index (χ0) is 16.9. The molecule has 3 rings (SSSR count). The molecule has 0 spiro atoms. The Bertz CT molecular complexity index is 865. The van der Waals surface area contributed by atoms with Gasteiger partial charge in [-0.1, -0.05) is 29.8 Å². The van der Waals surface area contributed by atoms with Gasteiger partial charge in [0.05, 0.1) is 5.69 Å². The van der Waals surface area contributed by atoms with Crippen molar-refractivity contribution in [3.05, 3.63) is 76.7 Å². The maximum absolute atomic E-state index is 12.4. The van der Waals surface area contributed by atoms with E-state index in [1.807, 2.05) is 55.5 Å². The molecule has 0 aliphatic heterocycles. The number of nitrogens with zero attached hydrogens (tertiary/aromatic N) is 2. The van der Waals surface area contributed by atoms with Crippen molar-refractivity contribution in [3.8, 4) is 0 Å². The first-order valence-corrected chi connectivity index (χ1v) is 8.13. The van der Waals surface area contributed by atoms with Gasteiger partial charge < -0.3 is 10.6 Å². The molecule has 0 unspecified atom stereocenters. The molecule has 3 aromatic rings. The van der Waals surface area contributed by atoms with Crippen LogP contribution in [-0.2, 0) is 0 Å². The summed E-state index contributed by atoms with van der Waals surface area (Å²) in [5, 5.41) is 5.98. The summed E-state index contributed by atoms with van der Waals surface area (Å²) < 4.78 is 0.811. The number of anilines is 3. The van der Waals surface area contributed by atoms with Crippen LogP contribution in [0.5, 0.6) is 0 Å². The van der Waals surface area contributed by atoms with Gasteiger partial charge in [-0.2, -0.15) is 0 Å². The highest BCUT2D eigenvalue weighted by Crippen LogP contribution is 2.22. The van der Waals surface area contributed by atoms with Crippen molar-refractivity contribution >= 4 is 39.0 Å². The van der Waals surface area contributed by atoms with Crippen LogP contribution in [-0.4, -0.2) is 15.9 Å². The van der Waals surface area contributed by atoms with Crippen LogP contribution < -0.4 is 10.6 Å².